The lowest BCUT2D eigenvalue weighted by Crippen LogP contribution is -2.56. The monoisotopic (exact) mass is 250 g/mol. The van der Waals surface area contributed by atoms with E-state index in [0.717, 1.165) is 0 Å². The van der Waals surface area contributed by atoms with Gasteiger partial charge in [0.05, 0.1) is 11.0 Å². The minimum atomic E-state index is -1.07. The zero-order valence-electron chi connectivity index (χ0n) is 11.0. The number of carbonyl (C=O) groups is 2. The van der Waals surface area contributed by atoms with Crippen molar-refractivity contribution in [2.75, 3.05) is 0 Å². The van der Waals surface area contributed by atoms with Crippen LogP contribution in [0.3, 0.4) is 0 Å². The smallest absolute Gasteiger partial charge is 0.311 e. The highest BCUT2D eigenvalue weighted by molar-refractivity contribution is 5.95. The number of amides is 1. The maximum Gasteiger partial charge on any atom is 0.311 e. The van der Waals surface area contributed by atoms with E-state index in [1.54, 1.807) is 39.8 Å². The number of nitrogens with zero attached hydrogens (tertiary/aromatic N) is 1. The molecule has 1 heterocycles. The molecule has 1 aromatic rings. The third-order valence-electron chi connectivity index (χ3n) is 3.47. The van der Waals surface area contributed by atoms with Crippen molar-refractivity contribution < 1.29 is 14.7 Å². The van der Waals surface area contributed by atoms with Gasteiger partial charge >= 0.3 is 5.97 Å². The number of rotatable bonds is 4. The van der Waals surface area contributed by atoms with Gasteiger partial charge < -0.3 is 10.4 Å². The first-order chi connectivity index (χ1) is 8.18. The van der Waals surface area contributed by atoms with Gasteiger partial charge in [0.25, 0.3) is 5.91 Å². The lowest BCUT2D eigenvalue weighted by atomic mass is 9.74. The van der Waals surface area contributed by atoms with Crippen LogP contribution in [0.5, 0.6) is 0 Å². The fourth-order valence-corrected chi connectivity index (χ4v) is 1.28. The zero-order valence-corrected chi connectivity index (χ0v) is 11.0. The molecule has 0 aliphatic carbocycles. The molecular weight excluding hydrogens is 232 g/mol. The Morgan fingerprint density at radius 1 is 1.17 bits per heavy atom. The van der Waals surface area contributed by atoms with Crippen molar-refractivity contribution in [2.45, 2.75) is 33.2 Å². The molecule has 0 saturated carbocycles. The quantitative estimate of drug-likeness (QED) is 0.852. The van der Waals surface area contributed by atoms with Crippen LogP contribution in [0.2, 0.25) is 0 Å². The summed E-state index contributed by atoms with van der Waals surface area (Å²) in [5.74, 6) is -1.26. The highest BCUT2D eigenvalue weighted by Gasteiger charge is 2.44. The lowest BCUT2D eigenvalue weighted by molar-refractivity contribution is -0.150. The van der Waals surface area contributed by atoms with Crippen LogP contribution in [0.1, 0.15) is 38.1 Å². The number of carbonyl (C=O) groups excluding carboxylic acids is 1. The van der Waals surface area contributed by atoms with Crippen molar-refractivity contribution >= 4 is 11.9 Å². The van der Waals surface area contributed by atoms with Crippen LogP contribution in [0.4, 0.5) is 0 Å². The molecule has 0 aliphatic rings. The van der Waals surface area contributed by atoms with E-state index in [1.807, 2.05) is 0 Å². The van der Waals surface area contributed by atoms with Crippen LogP contribution in [0.15, 0.2) is 24.5 Å². The molecule has 1 aromatic heterocycles. The summed E-state index contributed by atoms with van der Waals surface area (Å²) >= 11 is 0. The minimum absolute atomic E-state index is 0.309. The number of aliphatic carboxylic acids is 1. The largest absolute Gasteiger partial charge is 0.481 e. The first-order valence-corrected chi connectivity index (χ1v) is 5.64. The number of hydrogen-bond acceptors (Lipinski definition) is 3. The Morgan fingerprint density at radius 3 is 2.11 bits per heavy atom. The summed E-state index contributed by atoms with van der Waals surface area (Å²) in [6.45, 7) is 6.56. The lowest BCUT2D eigenvalue weighted by Gasteiger charge is -2.38. The molecule has 1 rings (SSSR count). The number of nitrogens with one attached hydrogen (secondary N) is 1. The third-order valence-corrected chi connectivity index (χ3v) is 3.47. The number of carboxylic acid groups (broad SMARTS) is 1. The van der Waals surface area contributed by atoms with E-state index in [1.165, 1.54) is 12.4 Å². The third kappa shape index (κ3) is 2.67. The fraction of sp³-hybridized carbons (Fsp3) is 0.462. The highest BCUT2D eigenvalue weighted by Crippen LogP contribution is 2.30. The van der Waals surface area contributed by atoms with Crippen LogP contribution < -0.4 is 5.32 Å². The molecule has 0 spiro atoms. The Kier molecular flexibility index (Phi) is 3.74. The van der Waals surface area contributed by atoms with Crippen LogP contribution in [0.25, 0.3) is 0 Å². The Hall–Kier alpha value is -1.91. The molecule has 1 amide bonds. The first kappa shape index (κ1) is 14.2. The van der Waals surface area contributed by atoms with Crippen molar-refractivity contribution in [3.8, 4) is 0 Å². The molecule has 0 saturated heterocycles. The van der Waals surface area contributed by atoms with Crippen LogP contribution in [-0.4, -0.2) is 27.5 Å². The molecule has 0 aromatic carbocycles. The van der Waals surface area contributed by atoms with Gasteiger partial charge in [-0.3, -0.25) is 14.6 Å². The topological polar surface area (TPSA) is 79.3 Å². The number of carboxylic acids is 1. The van der Waals surface area contributed by atoms with Gasteiger partial charge in [0.2, 0.25) is 0 Å². The average molecular weight is 250 g/mol. The van der Waals surface area contributed by atoms with Gasteiger partial charge in [-0.15, -0.1) is 0 Å². The predicted octanol–water partition coefficient (Wildman–Crippen LogP) is 1.70. The van der Waals surface area contributed by atoms with Gasteiger partial charge in [0.1, 0.15) is 0 Å². The second-order valence-corrected chi connectivity index (χ2v) is 5.25. The van der Waals surface area contributed by atoms with E-state index in [9.17, 15) is 14.7 Å². The van der Waals surface area contributed by atoms with E-state index in [0.29, 0.717) is 5.56 Å². The Morgan fingerprint density at radius 2 is 1.67 bits per heavy atom. The van der Waals surface area contributed by atoms with Gasteiger partial charge in [-0.2, -0.15) is 0 Å². The summed E-state index contributed by atoms with van der Waals surface area (Å²) in [6, 6.07) is 3.17. The van der Waals surface area contributed by atoms with Crippen molar-refractivity contribution in [3.05, 3.63) is 30.1 Å². The number of aromatic nitrogens is 1. The van der Waals surface area contributed by atoms with Gasteiger partial charge in [-0.05, 0) is 39.8 Å². The summed E-state index contributed by atoms with van der Waals surface area (Å²) in [6.07, 6.45) is 3.04. The molecule has 2 N–H and O–H groups in total. The number of pyridine rings is 1. The Labute approximate surface area is 106 Å². The minimum Gasteiger partial charge on any atom is -0.481 e. The molecule has 0 fully saturated rings. The fourth-order valence-electron chi connectivity index (χ4n) is 1.28. The Bertz CT molecular complexity index is 453. The summed E-state index contributed by atoms with van der Waals surface area (Å²) in [7, 11) is 0. The molecule has 18 heavy (non-hydrogen) atoms. The maximum atomic E-state index is 12.0. The second kappa shape index (κ2) is 4.76. The molecule has 0 aliphatic heterocycles. The van der Waals surface area contributed by atoms with Gasteiger partial charge in [0, 0.05) is 18.0 Å². The molecule has 0 unspecified atom stereocenters. The molecule has 0 bridgehead atoms. The molecule has 98 valence electrons. The summed E-state index contributed by atoms with van der Waals surface area (Å²) in [5, 5.41) is 11.9. The Balaban J connectivity index is 2.91. The van der Waals surface area contributed by atoms with Gasteiger partial charge in [-0.25, -0.2) is 0 Å². The van der Waals surface area contributed by atoms with Gasteiger partial charge in [-0.1, -0.05) is 0 Å². The van der Waals surface area contributed by atoms with Crippen molar-refractivity contribution in [2.24, 2.45) is 5.41 Å². The summed E-state index contributed by atoms with van der Waals surface area (Å²) in [4.78, 5) is 27.0. The zero-order chi connectivity index (χ0) is 14.0. The van der Waals surface area contributed by atoms with Crippen LogP contribution in [-0.2, 0) is 4.79 Å². The van der Waals surface area contributed by atoms with Crippen LogP contribution in [0, 0.1) is 5.41 Å². The predicted molar refractivity (Wildman–Crippen MR) is 67.2 cm³/mol. The standard InChI is InChI=1S/C13H18N2O3/c1-12(2,11(17)18)13(3,4)15-10(16)9-5-7-14-8-6-9/h5-8H,1-4H3,(H,15,16)(H,17,18). The average Bonchev–Trinajstić information content (AvgIpc) is 2.29. The second-order valence-electron chi connectivity index (χ2n) is 5.25. The normalized spacial score (nSPS) is 12.0. The first-order valence-electron chi connectivity index (χ1n) is 5.64. The maximum absolute atomic E-state index is 12.0. The van der Waals surface area contributed by atoms with Crippen molar-refractivity contribution in [3.63, 3.8) is 0 Å². The van der Waals surface area contributed by atoms with E-state index >= 15 is 0 Å². The molecule has 0 radical (unpaired) electrons. The highest BCUT2D eigenvalue weighted by atomic mass is 16.4. The van der Waals surface area contributed by atoms with E-state index in [-0.39, 0.29) is 5.91 Å². The van der Waals surface area contributed by atoms with E-state index in [4.69, 9.17) is 0 Å². The number of hydrogen-bond donors (Lipinski definition) is 2. The molecule has 0 atom stereocenters. The van der Waals surface area contributed by atoms with Crippen molar-refractivity contribution in [1.29, 1.82) is 0 Å². The van der Waals surface area contributed by atoms with E-state index in [2.05, 4.69) is 10.3 Å². The van der Waals surface area contributed by atoms with Crippen molar-refractivity contribution in [1.82, 2.24) is 10.3 Å². The molecular formula is C13H18N2O3. The summed E-state index contributed by atoms with van der Waals surface area (Å²) in [5.41, 5.74) is -1.49. The molecule has 5 nitrogen and oxygen atoms in total. The van der Waals surface area contributed by atoms with Gasteiger partial charge in [0.15, 0.2) is 0 Å². The van der Waals surface area contributed by atoms with E-state index < -0.39 is 16.9 Å². The molecule has 5 heteroatoms. The SMILES string of the molecule is CC(C)(NC(=O)c1ccncc1)C(C)(C)C(=O)O. The summed E-state index contributed by atoms with van der Waals surface area (Å²) < 4.78 is 0. The van der Waals surface area contributed by atoms with Crippen LogP contribution >= 0.6 is 0 Å².